The minimum Gasteiger partial charge on any atom is -0.329 e. The summed E-state index contributed by atoms with van der Waals surface area (Å²) in [4.78, 5) is 29.9. The van der Waals surface area contributed by atoms with E-state index in [0.717, 1.165) is 24.1 Å². The Bertz CT molecular complexity index is 1010. The molecule has 0 aromatic heterocycles. The van der Waals surface area contributed by atoms with Gasteiger partial charge in [0.05, 0.1) is 6.04 Å². The molecule has 2 aliphatic rings. The van der Waals surface area contributed by atoms with Crippen LogP contribution >= 0.6 is 0 Å². The molecule has 1 amide bonds. The third-order valence-corrected chi connectivity index (χ3v) is 5.66. The first-order valence-electron chi connectivity index (χ1n) is 11.1. The smallest absolute Gasteiger partial charge is 0.257 e. The Labute approximate surface area is 184 Å². The number of benzene rings is 2. The molecule has 4 rings (SSSR count). The quantitative estimate of drug-likeness (QED) is 0.757. The second-order valence-electron chi connectivity index (χ2n) is 7.57. The minimum atomic E-state index is -0.271. The van der Waals surface area contributed by atoms with Crippen LogP contribution in [-0.4, -0.2) is 23.7 Å². The Balaban J connectivity index is 0.00000132. The van der Waals surface area contributed by atoms with Crippen molar-refractivity contribution in [2.45, 2.75) is 58.9 Å². The van der Waals surface area contributed by atoms with Gasteiger partial charge in [-0.25, -0.2) is 4.99 Å². The number of ketones is 1. The zero-order valence-corrected chi connectivity index (χ0v) is 18.7. The van der Waals surface area contributed by atoms with Crippen LogP contribution in [0.15, 0.2) is 70.9 Å². The van der Waals surface area contributed by atoms with E-state index in [0.29, 0.717) is 17.9 Å². The number of carbonyl (C=O) groups is 2. The number of hydrogen-bond donors (Lipinski definition) is 2. The lowest BCUT2D eigenvalue weighted by Gasteiger charge is -2.33. The van der Waals surface area contributed by atoms with E-state index in [1.165, 1.54) is 11.1 Å². The van der Waals surface area contributed by atoms with Gasteiger partial charge in [0.25, 0.3) is 5.91 Å². The monoisotopic (exact) mass is 417 g/mol. The van der Waals surface area contributed by atoms with Gasteiger partial charge >= 0.3 is 0 Å². The van der Waals surface area contributed by atoms with Gasteiger partial charge in [0.2, 0.25) is 5.96 Å². The molecule has 0 bridgehead atoms. The van der Waals surface area contributed by atoms with Crippen LogP contribution in [-0.2, 0) is 11.2 Å². The highest BCUT2D eigenvalue weighted by Gasteiger charge is 2.35. The van der Waals surface area contributed by atoms with E-state index in [2.05, 4.69) is 34.7 Å². The number of aryl methyl sites for hydroxylation is 1. The summed E-state index contributed by atoms with van der Waals surface area (Å²) in [6.07, 6.45) is 2.18. The number of Topliss-reactive ketones (excluding diaryl/α,β-unsaturated/α-hetero) is 1. The van der Waals surface area contributed by atoms with E-state index in [9.17, 15) is 9.59 Å². The number of allylic oxidation sites excluding steroid dienone is 1. The summed E-state index contributed by atoms with van der Waals surface area (Å²) in [5, 5.41) is 6.08. The number of guanidine groups is 1. The van der Waals surface area contributed by atoms with Crippen LogP contribution in [0.3, 0.4) is 0 Å². The SMILES string of the molecule is CC.CCc1ccccc1C1CC(=O)C2=C(C1)NC(NC(=O)c1ccccc1)=NC2C. The van der Waals surface area contributed by atoms with Crippen LogP contribution in [0.25, 0.3) is 0 Å². The molecule has 0 saturated heterocycles. The highest BCUT2D eigenvalue weighted by Crippen LogP contribution is 2.37. The normalized spacial score (nSPS) is 20.0. The van der Waals surface area contributed by atoms with E-state index in [4.69, 9.17) is 0 Å². The fourth-order valence-electron chi connectivity index (χ4n) is 4.27. The molecule has 2 atom stereocenters. The Kier molecular flexibility index (Phi) is 7.40. The molecule has 162 valence electrons. The van der Waals surface area contributed by atoms with Gasteiger partial charge in [-0.15, -0.1) is 0 Å². The summed E-state index contributed by atoms with van der Waals surface area (Å²) in [7, 11) is 0. The van der Waals surface area contributed by atoms with Crippen molar-refractivity contribution in [1.29, 1.82) is 0 Å². The number of nitrogens with zero attached hydrogens (tertiary/aromatic N) is 1. The van der Waals surface area contributed by atoms with Gasteiger partial charge in [0.15, 0.2) is 5.78 Å². The van der Waals surface area contributed by atoms with Gasteiger partial charge < -0.3 is 5.32 Å². The minimum absolute atomic E-state index is 0.138. The Hall–Kier alpha value is -3.21. The highest BCUT2D eigenvalue weighted by molar-refractivity contribution is 6.08. The second-order valence-corrected chi connectivity index (χ2v) is 7.57. The lowest BCUT2D eigenvalue weighted by Crippen LogP contribution is -2.46. The summed E-state index contributed by atoms with van der Waals surface area (Å²) < 4.78 is 0. The van der Waals surface area contributed by atoms with Gasteiger partial charge in [-0.05, 0) is 48.9 Å². The van der Waals surface area contributed by atoms with E-state index in [1.54, 1.807) is 12.1 Å². The van der Waals surface area contributed by atoms with Crippen LogP contribution in [0.5, 0.6) is 0 Å². The summed E-state index contributed by atoms with van der Waals surface area (Å²) in [6.45, 7) is 8.04. The van der Waals surface area contributed by atoms with Crippen LogP contribution in [0, 0.1) is 0 Å². The standard InChI is InChI=1S/C24H25N3O2.C2H6/c1-3-16-9-7-8-12-19(16)18-13-20-22(21(28)14-18)15(2)25-24(26-20)27-23(29)17-10-5-4-6-11-17;1-2/h4-12,15,18H,3,13-14H2,1-2H3,(H2,25,26,27,29);1-2H3. The van der Waals surface area contributed by atoms with E-state index < -0.39 is 0 Å². The predicted octanol–water partition coefficient (Wildman–Crippen LogP) is 4.75. The lowest BCUT2D eigenvalue weighted by molar-refractivity contribution is -0.116. The van der Waals surface area contributed by atoms with Crippen molar-refractivity contribution in [2.24, 2.45) is 4.99 Å². The van der Waals surface area contributed by atoms with Gasteiger partial charge in [-0.3, -0.25) is 14.9 Å². The molecule has 1 aliphatic carbocycles. The second kappa shape index (κ2) is 10.2. The van der Waals surface area contributed by atoms with E-state index >= 15 is 0 Å². The van der Waals surface area contributed by atoms with Crippen molar-refractivity contribution >= 4 is 17.6 Å². The third kappa shape index (κ3) is 4.93. The fraction of sp³-hybridized carbons (Fsp3) is 0.346. The number of amides is 1. The molecule has 2 aromatic carbocycles. The number of aliphatic imine (C=N–C) groups is 1. The van der Waals surface area contributed by atoms with Crippen LogP contribution in [0.2, 0.25) is 0 Å². The molecular formula is C26H31N3O2. The Morgan fingerprint density at radius 1 is 1.06 bits per heavy atom. The maximum Gasteiger partial charge on any atom is 0.257 e. The first kappa shape index (κ1) is 22.5. The van der Waals surface area contributed by atoms with Crippen molar-refractivity contribution in [1.82, 2.24) is 10.6 Å². The lowest BCUT2D eigenvalue weighted by atomic mass is 9.78. The van der Waals surface area contributed by atoms with Crippen molar-refractivity contribution in [2.75, 3.05) is 0 Å². The molecule has 0 saturated carbocycles. The average molecular weight is 418 g/mol. The first-order valence-corrected chi connectivity index (χ1v) is 11.1. The predicted molar refractivity (Wildman–Crippen MR) is 125 cm³/mol. The summed E-state index contributed by atoms with van der Waals surface area (Å²) in [5.41, 5.74) is 4.71. The molecule has 0 radical (unpaired) electrons. The number of nitrogens with one attached hydrogen (secondary N) is 2. The highest BCUT2D eigenvalue weighted by atomic mass is 16.2. The summed E-state index contributed by atoms with van der Waals surface area (Å²) in [6, 6.07) is 17.1. The van der Waals surface area contributed by atoms with E-state index in [-0.39, 0.29) is 23.7 Å². The molecule has 2 unspecified atom stereocenters. The molecule has 5 heteroatoms. The largest absolute Gasteiger partial charge is 0.329 e. The van der Waals surface area contributed by atoms with Crippen molar-refractivity contribution in [3.05, 3.63) is 82.6 Å². The zero-order valence-electron chi connectivity index (χ0n) is 18.7. The molecule has 2 aromatic rings. The molecule has 5 nitrogen and oxygen atoms in total. The summed E-state index contributed by atoms with van der Waals surface area (Å²) in [5.74, 6) is 0.464. The number of hydrogen-bond acceptors (Lipinski definition) is 4. The zero-order chi connectivity index (χ0) is 22.4. The maximum atomic E-state index is 12.9. The van der Waals surface area contributed by atoms with Gasteiger partial charge in [0.1, 0.15) is 0 Å². The van der Waals surface area contributed by atoms with Crippen LogP contribution in [0.1, 0.15) is 67.9 Å². The van der Waals surface area contributed by atoms with E-state index in [1.807, 2.05) is 51.1 Å². The Morgan fingerprint density at radius 2 is 1.74 bits per heavy atom. The maximum absolute atomic E-state index is 12.9. The molecule has 1 aliphatic heterocycles. The van der Waals surface area contributed by atoms with Crippen LogP contribution in [0.4, 0.5) is 0 Å². The third-order valence-electron chi connectivity index (χ3n) is 5.66. The topological polar surface area (TPSA) is 70.6 Å². The molecule has 2 N–H and O–H groups in total. The molecule has 31 heavy (non-hydrogen) atoms. The van der Waals surface area contributed by atoms with Crippen molar-refractivity contribution in [3.63, 3.8) is 0 Å². The van der Waals surface area contributed by atoms with Crippen molar-refractivity contribution in [3.8, 4) is 0 Å². The molecule has 0 spiro atoms. The van der Waals surface area contributed by atoms with Gasteiger partial charge in [-0.1, -0.05) is 63.2 Å². The number of carbonyl (C=O) groups excluding carboxylic acids is 2. The number of rotatable bonds is 3. The molecular weight excluding hydrogens is 386 g/mol. The average Bonchev–Trinajstić information content (AvgIpc) is 2.80. The van der Waals surface area contributed by atoms with Crippen molar-refractivity contribution < 1.29 is 9.59 Å². The van der Waals surface area contributed by atoms with Crippen LogP contribution < -0.4 is 10.6 Å². The Morgan fingerprint density at radius 3 is 2.45 bits per heavy atom. The molecule has 1 heterocycles. The van der Waals surface area contributed by atoms with Gasteiger partial charge in [-0.2, -0.15) is 0 Å². The fourth-order valence-corrected chi connectivity index (χ4v) is 4.27. The first-order chi connectivity index (χ1) is 15.1. The van der Waals surface area contributed by atoms with Gasteiger partial charge in [0, 0.05) is 23.3 Å². The summed E-state index contributed by atoms with van der Waals surface area (Å²) >= 11 is 0. The molecule has 0 fully saturated rings.